The Morgan fingerprint density at radius 1 is 1.53 bits per heavy atom. The normalized spacial score (nSPS) is 12.1. The van der Waals surface area contributed by atoms with Crippen LogP contribution in [0.2, 0.25) is 4.34 Å². The topological polar surface area (TPSA) is 46.3 Å². The molecule has 0 aliphatic rings. The first-order valence-corrected chi connectivity index (χ1v) is 6.36. The Bertz CT molecular complexity index is 368. The highest BCUT2D eigenvalue weighted by atomic mass is 35.5. The summed E-state index contributed by atoms with van der Waals surface area (Å²) in [5, 5.41) is 0. The van der Waals surface area contributed by atoms with Gasteiger partial charge in [0.2, 0.25) is 5.91 Å². The van der Waals surface area contributed by atoms with Gasteiger partial charge in [0.05, 0.1) is 16.9 Å². The summed E-state index contributed by atoms with van der Waals surface area (Å²) < 4.78 is 0.740. The fourth-order valence-electron chi connectivity index (χ4n) is 1.29. The highest BCUT2D eigenvalue weighted by molar-refractivity contribution is 7.16. The summed E-state index contributed by atoms with van der Waals surface area (Å²) in [6, 6.07) is 3.33. The van der Waals surface area contributed by atoms with E-state index in [1.807, 2.05) is 26.0 Å². The maximum absolute atomic E-state index is 11.9. The number of halogens is 2. The van der Waals surface area contributed by atoms with E-state index in [1.54, 1.807) is 11.9 Å². The number of nitrogens with zero attached hydrogens (tertiary/aromatic N) is 1. The molecule has 0 saturated heterocycles. The van der Waals surface area contributed by atoms with Gasteiger partial charge in [-0.3, -0.25) is 4.79 Å². The molecule has 1 heterocycles. The van der Waals surface area contributed by atoms with Crippen LogP contribution in [0.3, 0.4) is 0 Å². The van der Waals surface area contributed by atoms with E-state index >= 15 is 0 Å². The van der Waals surface area contributed by atoms with Gasteiger partial charge in [-0.25, -0.2) is 0 Å². The fourth-order valence-corrected chi connectivity index (χ4v) is 2.43. The van der Waals surface area contributed by atoms with E-state index < -0.39 is 6.04 Å². The molecular weight excluding hydrogens is 279 g/mol. The van der Waals surface area contributed by atoms with Crippen molar-refractivity contribution in [3.63, 3.8) is 0 Å². The fraction of sp³-hybridized carbons (Fsp3) is 0.545. The lowest BCUT2D eigenvalue weighted by molar-refractivity contribution is -0.132. The minimum atomic E-state index is -0.430. The Morgan fingerprint density at radius 3 is 2.53 bits per heavy atom. The number of rotatable bonds is 4. The summed E-state index contributed by atoms with van der Waals surface area (Å²) in [7, 11) is 1.76. The molecule has 1 aromatic rings. The summed E-state index contributed by atoms with van der Waals surface area (Å²) in [6.45, 7) is 4.45. The van der Waals surface area contributed by atoms with Gasteiger partial charge in [-0.2, -0.15) is 0 Å². The van der Waals surface area contributed by atoms with Crippen LogP contribution in [0.5, 0.6) is 0 Å². The molecule has 1 atom stereocenters. The van der Waals surface area contributed by atoms with Crippen LogP contribution in [0.25, 0.3) is 0 Å². The van der Waals surface area contributed by atoms with E-state index in [4.69, 9.17) is 17.3 Å². The monoisotopic (exact) mass is 296 g/mol. The number of likely N-dealkylation sites (N-methyl/N-ethyl adjacent to an activating group) is 1. The molecule has 0 aromatic carbocycles. The SMILES string of the molecule is CC(C)[C@@H](N)C(=O)N(C)Cc1ccc(Cl)s1.Cl. The zero-order chi connectivity index (χ0) is 12.3. The number of amides is 1. The molecule has 0 spiro atoms. The Hall–Kier alpha value is -0.290. The zero-order valence-electron chi connectivity index (χ0n) is 10.1. The predicted molar refractivity (Wildman–Crippen MR) is 75.9 cm³/mol. The van der Waals surface area contributed by atoms with Crippen molar-refractivity contribution >= 4 is 41.3 Å². The molecule has 0 radical (unpaired) electrons. The Balaban J connectivity index is 0.00000256. The number of nitrogens with two attached hydrogens (primary N) is 1. The van der Waals surface area contributed by atoms with Crippen molar-refractivity contribution in [1.82, 2.24) is 4.90 Å². The van der Waals surface area contributed by atoms with E-state index in [2.05, 4.69) is 0 Å². The van der Waals surface area contributed by atoms with Crippen LogP contribution < -0.4 is 5.73 Å². The molecule has 2 N–H and O–H groups in total. The molecule has 0 saturated carbocycles. The standard InChI is InChI=1S/C11H17ClN2OS.ClH/c1-7(2)10(13)11(15)14(3)6-8-4-5-9(12)16-8;/h4-5,7,10H,6,13H2,1-3H3;1H/t10-;/m1./s1. The first-order chi connectivity index (χ1) is 7.41. The second-order valence-electron chi connectivity index (χ2n) is 4.17. The highest BCUT2D eigenvalue weighted by Gasteiger charge is 2.21. The lowest BCUT2D eigenvalue weighted by Crippen LogP contribution is -2.44. The van der Waals surface area contributed by atoms with Gasteiger partial charge in [-0.15, -0.1) is 23.7 Å². The first-order valence-electron chi connectivity index (χ1n) is 5.16. The number of thiophene rings is 1. The van der Waals surface area contributed by atoms with Crippen LogP contribution in [-0.4, -0.2) is 23.9 Å². The van der Waals surface area contributed by atoms with Gasteiger partial charge in [0.25, 0.3) is 0 Å². The Morgan fingerprint density at radius 2 is 2.12 bits per heavy atom. The quantitative estimate of drug-likeness (QED) is 0.929. The third kappa shape index (κ3) is 4.84. The summed E-state index contributed by atoms with van der Waals surface area (Å²) in [5.74, 6) is 0.126. The van der Waals surface area contributed by atoms with Crippen LogP contribution in [0.4, 0.5) is 0 Å². The molecule has 1 aromatic heterocycles. The molecule has 98 valence electrons. The minimum absolute atomic E-state index is 0. The van der Waals surface area contributed by atoms with E-state index in [9.17, 15) is 4.79 Å². The van der Waals surface area contributed by atoms with Crippen molar-refractivity contribution in [2.45, 2.75) is 26.4 Å². The van der Waals surface area contributed by atoms with Crippen molar-refractivity contribution in [2.24, 2.45) is 11.7 Å². The second kappa shape index (κ2) is 7.21. The second-order valence-corrected chi connectivity index (χ2v) is 5.97. The van der Waals surface area contributed by atoms with Crippen LogP contribution in [0, 0.1) is 5.92 Å². The van der Waals surface area contributed by atoms with Gasteiger partial charge in [0.1, 0.15) is 0 Å². The Kier molecular flexibility index (Phi) is 7.09. The average Bonchev–Trinajstić information content (AvgIpc) is 2.61. The van der Waals surface area contributed by atoms with Gasteiger partial charge in [0, 0.05) is 11.9 Å². The summed E-state index contributed by atoms with van der Waals surface area (Å²) in [6.07, 6.45) is 0. The minimum Gasteiger partial charge on any atom is -0.339 e. The van der Waals surface area contributed by atoms with Crippen molar-refractivity contribution in [3.05, 3.63) is 21.3 Å². The van der Waals surface area contributed by atoms with Gasteiger partial charge >= 0.3 is 0 Å². The number of carbonyl (C=O) groups excluding carboxylic acids is 1. The van der Waals surface area contributed by atoms with Gasteiger partial charge in [-0.05, 0) is 18.1 Å². The summed E-state index contributed by atoms with van der Waals surface area (Å²) in [4.78, 5) is 14.6. The van der Waals surface area contributed by atoms with Crippen LogP contribution in [-0.2, 0) is 11.3 Å². The van der Waals surface area contributed by atoms with Gasteiger partial charge in [-0.1, -0.05) is 25.4 Å². The molecule has 0 aliphatic heterocycles. The molecule has 0 aliphatic carbocycles. The molecule has 1 rings (SSSR count). The van der Waals surface area contributed by atoms with Crippen LogP contribution in [0.1, 0.15) is 18.7 Å². The van der Waals surface area contributed by atoms with Crippen LogP contribution in [0.15, 0.2) is 12.1 Å². The third-order valence-corrected chi connectivity index (χ3v) is 3.62. The van der Waals surface area contributed by atoms with Crippen molar-refractivity contribution in [1.29, 1.82) is 0 Å². The molecule has 3 nitrogen and oxygen atoms in total. The maximum atomic E-state index is 11.9. The smallest absolute Gasteiger partial charge is 0.239 e. The van der Waals surface area contributed by atoms with Crippen molar-refractivity contribution < 1.29 is 4.79 Å². The van der Waals surface area contributed by atoms with E-state index in [0.717, 1.165) is 9.21 Å². The van der Waals surface area contributed by atoms with E-state index in [0.29, 0.717) is 6.54 Å². The average molecular weight is 297 g/mol. The lowest BCUT2D eigenvalue weighted by Gasteiger charge is -2.22. The predicted octanol–water partition coefficient (Wildman–Crippen LogP) is 2.77. The largest absolute Gasteiger partial charge is 0.339 e. The third-order valence-electron chi connectivity index (χ3n) is 2.40. The first kappa shape index (κ1) is 16.7. The van der Waals surface area contributed by atoms with E-state index in [-0.39, 0.29) is 24.2 Å². The molecule has 17 heavy (non-hydrogen) atoms. The molecule has 0 fully saturated rings. The maximum Gasteiger partial charge on any atom is 0.239 e. The van der Waals surface area contributed by atoms with Crippen molar-refractivity contribution in [3.8, 4) is 0 Å². The molecule has 0 bridgehead atoms. The number of hydrogen-bond acceptors (Lipinski definition) is 3. The molecule has 0 unspecified atom stereocenters. The molecule has 6 heteroatoms. The van der Waals surface area contributed by atoms with Crippen LogP contribution >= 0.6 is 35.3 Å². The van der Waals surface area contributed by atoms with Gasteiger partial charge < -0.3 is 10.6 Å². The van der Waals surface area contributed by atoms with E-state index in [1.165, 1.54) is 11.3 Å². The highest BCUT2D eigenvalue weighted by Crippen LogP contribution is 2.22. The Labute approximate surface area is 117 Å². The van der Waals surface area contributed by atoms with Crippen molar-refractivity contribution in [2.75, 3.05) is 7.05 Å². The van der Waals surface area contributed by atoms with Gasteiger partial charge in [0.15, 0.2) is 0 Å². The molecular formula is C11H18Cl2N2OS. The number of carbonyl (C=O) groups is 1. The lowest BCUT2D eigenvalue weighted by atomic mass is 10.0. The number of hydrogen-bond donors (Lipinski definition) is 1. The summed E-state index contributed by atoms with van der Waals surface area (Å²) >= 11 is 7.31. The zero-order valence-corrected chi connectivity index (χ0v) is 12.5. The molecule has 1 amide bonds. The summed E-state index contributed by atoms with van der Waals surface area (Å²) in [5.41, 5.74) is 5.81.